The molecule has 0 bridgehead atoms. The zero-order valence-electron chi connectivity index (χ0n) is 11.4. The Morgan fingerprint density at radius 3 is 2.53 bits per heavy atom. The number of rotatable bonds is 3. The summed E-state index contributed by atoms with van der Waals surface area (Å²) in [5.74, 6) is -1.14. The fraction of sp³-hybridized carbons (Fsp3) is 0.857. The van der Waals surface area contributed by atoms with E-state index < -0.39 is 11.9 Å². The predicted molar refractivity (Wildman–Crippen MR) is 71.7 cm³/mol. The van der Waals surface area contributed by atoms with E-state index in [2.05, 4.69) is 10.6 Å². The SMILES string of the molecule is O=C(O)C1CCCCCC1NC(=O)[C@@H]1CCCNC1. The highest BCUT2D eigenvalue weighted by atomic mass is 16.4. The van der Waals surface area contributed by atoms with Crippen molar-refractivity contribution >= 4 is 11.9 Å². The van der Waals surface area contributed by atoms with Crippen molar-refractivity contribution in [1.29, 1.82) is 0 Å². The number of carboxylic acid groups (broad SMARTS) is 1. The molecule has 19 heavy (non-hydrogen) atoms. The van der Waals surface area contributed by atoms with Gasteiger partial charge in [0.2, 0.25) is 5.91 Å². The van der Waals surface area contributed by atoms with E-state index in [1.54, 1.807) is 0 Å². The van der Waals surface area contributed by atoms with Gasteiger partial charge in [0.05, 0.1) is 11.8 Å². The number of piperidine rings is 1. The first kappa shape index (κ1) is 14.3. The first-order valence-corrected chi connectivity index (χ1v) is 7.42. The minimum atomic E-state index is -0.769. The van der Waals surface area contributed by atoms with Crippen molar-refractivity contribution in [3.05, 3.63) is 0 Å². The van der Waals surface area contributed by atoms with E-state index in [0.29, 0.717) is 6.42 Å². The summed E-state index contributed by atoms with van der Waals surface area (Å²) in [7, 11) is 0. The van der Waals surface area contributed by atoms with Gasteiger partial charge in [0, 0.05) is 12.6 Å². The van der Waals surface area contributed by atoms with Gasteiger partial charge in [0.1, 0.15) is 0 Å². The van der Waals surface area contributed by atoms with Crippen LogP contribution in [-0.2, 0) is 9.59 Å². The van der Waals surface area contributed by atoms with Gasteiger partial charge in [0.15, 0.2) is 0 Å². The Morgan fingerprint density at radius 2 is 1.84 bits per heavy atom. The molecule has 3 N–H and O–H groups in total. The summed E-state index contributed by atoms with van der Waals surface area (Å²) in [5, 5.41) is 15.5. The lowest BCUT2D eigenvalue weighted by Gasteiger charge is -2.27. The van der Waals surface area contributed by atoms with Crippen LogP contribution in [0.1, 0.15) is 44.9 Å². The van der Waals surface area contributed by atoms with Crippen molar-refractivity contribution in [2.24, 2.45) is 11.8 Å². The van der Waals surface area contributed by atoms with Crippen molar-refractivity contribution in [2.75, 3.05) is 13.1 Å². The molecule has 2 unspecified atom stereocenters. The topological polar surface area (TPSA) is 78.4 Å². The van der Waals surface area contributed by atoms with Crippen LogP contribution in [-0.4, -0.2) is 36.1 Å². The van der Waals surface area contributed by atoms with E-state index in [-0.39, 0.29) is 17.9 Å². The number of hydrogen-bond donors (Lipinski definition) is 3. The monoisotopic (exact) mass is 268 g/mol. The Labute approximate surface area is 114 Å². The predicted octanol–water partition coefficient (Wildman–Crippen LogP) is 1.14. The van der Waals surface area contributed by atoms with Gasteiger partial charge in [-0.25, -0.2) is 0 Å². The number of carboxylic acids is 1. The fourth-order valence-electron chi connectivity index (χ4n) is 3.15. The standard InChI is InChI=1S/C14H24N2O3/c17-13(10-5-4-8-15-9-10)16-12-7-3-1-2-6-11(12)14(18)19/h10-12,15H,1-9H2,(H,16,17)(H,18,19)/t10-,11?,12?/m1/s1. The first-order valence-electron chi connectivity index (χ1n) is 7.42. The highest BCUT2D eigenvalue weighted by molar-refractivity contribution is 5.80. The van der Waals surface area contributed by atoms with E-state index in [9.17, 15) is 14.7 Å². The number of hydrogen-bond acceptors (Lipinski definition) is 3. The first-order chi connectivity index (χ1) is 9.18. The maximum absolute atomic E-state index is 12.2. The average Bonchev–Trinajstić information content (AvgIpc) is 2.65. The second-order valence-corrected chi connectivity index (χ2v) is 5.74. The Morgan fingerprint density at radius 1 is 1.05 bits per heavy atom. The Bertz CT molecular complexity index is 327. The van der Waals surface area contributed by atoms with Gasteiger partial charge in [0.25, 0.3) is 0 Å². The second kappa shape index (κ2) is 6.89. The van der Waals surface area contributed by atoms with Crippen LogP contribution in [0.2, 0.25) is 0 Å². The number of carbonyl (C=O) groups excluding carboxylic acids is 1. The Kier molecular flexibility index (Phi) is 5.19. The summed E-state index contributed by atoms with van der Waals surface area (Å²) >= 11 is 0. The lowest BCUT2D eigenvalue weighted by Crippen LogP contribution is -2.48. The van der Waals surface area contributed by atoms with Crippen molar-refractivity contribution in [1.82, 2.24) is 10.6 Å². The van der Waals surface area contributed by atoms with Crippen LogP contribution in [0.25, 0.3) is 0 Å². The van der Waals surface area contributed by atoms with Crippen LogP contribution in [0, 0.1) is 11.8 Å². The molecule has 0 aromatic rings. The maximum atomic E-state index is 12.2. The third kappa shape index (κ3) is 3.93. The van der Waals surface area contributed by atoms with Crippen molar-refractivity contribution < 1.29 is 14.7 Å². The average molecular weight is 268 g/mol. The zero-order valence-corrected chi connectivity index (χ0v) is 11.4. The molecule has 0 radical (unpaired) electrons. The molecule has 2 fully saturated rings. The lowest BCUT2D eigenvalue weighted by atomic mass is 9.93. The van der Waals surface area contributed by atoms with E-state index in [1.165, 1.54) is 0 Å². The third-order valence-electron chi connectivity index (χ3n) is 4.33. The molecule has 1 heterocycles. The molecule has 1 saturated carbocycles. The van der Waals surface area contributed by atoms with Crippen LogP contribution >= 0.6 is 0 Å². The second-order valence-electron chi connectivity index (χ2n) is 5.74. The number of nitrogens with one attached hydrogen (secondary N) is 2. The molecule has 0 aromatic carbocycles. The molecule has 1 saturated heterocycles. The highest BCUT2D eigenvalue weighted by Crippen LogP contribution is 2.24. The molecule has 2 rings (SSSR count). The molecule has 1 aliphatic carbocycles. The molecule has 5 heteroatoms. The van der Waals surface area contributed by atoms with E-state index in [4.69, 9.17) is 0 Å². The van der Waals surface area contributed by atoms with Crippen molar-refractivity contribution in [3.63, 3.8) is 0 Å². The number of carbonyl (C=O) groups is 2. The molecule has 5 nitrogen and oxygen atoms in total. The van der Waals surface area contributed by atoms with Crippen LogP contribution in [0.4, 0.5) is 0 Å². The van der Waals surface area contributed by atoms with Crippen LogP contribution in [0.5, 0.6) is 0 Å². The molecule has 3 atom stereocenters. The normalized spacial score (nSPS) is 32.3. The minimum Gasteiger partial charge on any atom is -0.481 e. The highest BCUT2D eigenvalue weighted by Gasteiger charge is 2.32. The number of aliphatic carboxylic acids is 1. The van der Waals surface area contributed by atoms with E-state index >= 15 is 0 Å². The summed E-state index contributed by atoms with van der Waals surface area (Å²) in [5.41, 5.74) is 0. The molecular formula is C14H24N2O3. The molecule has 2 aliphatic rings. The zero-order chi connectivity index (χ0) is 13.7. The van der Waals surface area contributed by atoms with Gasteiger partial charge in [-0.1, -0.05) is 19.3 Å². The van der Waals surface area contributed by atoms with E-state index in [0.717, 1.165) is 51.6 Å². The van der Waals surface area contributed by atoms with Gasteiger partial charge < -0.3 is 15.7 Å². The van der Waals surface area contributed by atoms with Gasteiger partial charge in [-0.3, -0.25) is 9.59 Å². The molecule has 0 aromatic heterocycles. The summed E-state index contributed by atoms with van der Waals surface area (Å²) in [4.78, 5) is 23.5. The van der Waals surface area contributed by atoms with Crippen LogP contribution in [0.15, 0.2) is 0 Å². The van der Waals surface area contributed by atoms with Crippen LogP contribution < -0.4 is 10.6 Å². The van der Waals surface area contributed by atoms with Gasteiger partial charge in [-0.15, -0.1) is 0 Å². The molecule has 108 valence electrons. The van der Waals surface area contributed by atoms with Crippen LogP contribution in [0.3, 0.4) is 0 Å². The smallest absolute Gasteiger partial charge is 0.308 e. The Balaban J connectivity index is 1.93. The quantitative estimate of drug-likeness (QED) is 0.671. The Hall–Kier alpha value is -1.10. The summed E-state index contributed by atoms with van der Waals surface area (Å²) in [6.45, 7) is 1.70. The number of amides is 1. The third-order valence-corrected chi connectivity index (χ3v) is 4.33. The lowest BCUT2D eigenvalue weighted by molar-refractivity contribution is -0.143. The molecule has 0 spiro atoms. The van der Waals surface area contributed by atoms with Gasteiger partial charge in [-0.05, 0) is 32.2 Å². The summed E-state index contributed by atoms with van der Waals surface area (Å²) in [6.07, 6.45) is 6.44. The van der Waals surface area contributed by atoms with Gasteiger partial charge >= 0.3 is 5.97 Å². The van der Waals surface area contributed by atoms with E-state index in [1.807, 2.05) is 0 Å². The summed E-state index contributed by atoms with van der Waals surface area (Å²) < 4.78 is 0. The minimum absolute atomic E-state index is 0.00597. The molecular weight excluding hydrogens is 244 g/mol. The largest absolute Gasteiger partial charge is 0.481 e. The molecule has 1 amide bonds. The summed E-state index contributed by atoms with van der Waals surface area (Å²) in [6, 6.07) is -0.186. The fourth-order valence-corrected chi connectivity index (χ4v) is 3.15. The van der Waals surface area contributed by atoms with Gasteiger partial charge in [-0.2, -0.15) is 0 Å². The maximum Gasteiger partial charge on any atom is 0.308 e. The van der Waals surface area contributed by atoms with Crippen molar-refractivity contribution in [2.45, 2.75) is 51.0 Å². The molecule has 1 aliphatic heterocycles. The van der Waals surface area contributed by atoms with Crippen molar-refractivity contribution in [3.8, 4) is 0 Å².